The molecule has 2 N–H and O–H groups in total. The highest BCUT2D eigenvalue weighted by Crippen LogP contribution is 2.48. The van der Waals surface area contributed by atoms with Crippen molar-refractivity contribution in [2.24, 2.45) is 0 Å². The van der Waals surface area contributed by atoms with Crippen LogP contribution in [0.4, 0.5) is 4.39 Å². The van der Waals surface area contributed by atoms with Crippen LogP contribution in [0.2, 0.25) is 0 Å². The third-order valence-corrected chi connectivity index (χ3v) is 6.79. The molecule has 0 aromatic carbocycles. The van der Waals surface area contributed by atoms with Gasteiger partial charge in [-0.1, -0.05) is 0 Å². The van der Waals surface area contributed by atoms with Gasteiger partial charge in [0.25, 0.3) is 5.56 Å². The molecule has 0 saturated heterocycles. The second kappa shape index (κ2) is 5.57. The first-order valence-electron chi connectivity index (χ1n) is 9.88. The smallest absolute Gasteiger partial charge is 0.340 e. The van der Waals surface area contributed by atoms with Crippen LogP contribution in [0.1, 0.15) is 49.1 Å². The lowest BCUT2D eigenvalue weighted by Crippen LogP contribution is -2.37. The van der Waals surface area contributed by atoms with E-state index in [1.807, 2.05) is 6.92 Å². The van der Waals surface area contributed by atoms with Crippen LogP contribution in [0, 0.1) is 0 Å². The SMILES string of the molecule is CC1=C2CCCC3=C2C(C=C1F)NC1=C3Cn2c1cc1c(c2=O)COC(=O)[C@H]1O. The molecular weight excluding hydrogens is 375 g/mol. The van der Waals surface area contributed by atoms with E-state index in [9.17, 15) is 19.1 Å². The number of hydrogen-bond acceptors (Lipinski definition) is 5. The third kappa shape index (κ3) is 2.08. The molecule has 1 unspecified atom stereocenters. The maximum Gasteiger partial charge on any atom is 0.340 e. The fraction of sp³-hybridized carbons (Fsp3) is 0.364. The number of aliphatic hydroxyl groups is 1. The first-order chi connectivity index (χ1) is 14.0. The quantitative estimate of drug-likeness (QED) is 0.660. The molecule has 29 heavy (non-hydrogen) atoms. The molecule has 0 amide bonds. The van der Waals surface area contributed by atoms with Crippen molar-refractivity contribution in [1.82, 2.24) is 9.88 Å². The van der Waals surface area contributed by atoms with Crippen molar-refractivity contribution in [2.75, 3.05) is 0 Å². The van der Waals surface area contributed by atoms with Gasteiger partial charge in [0.1, 0.15) is 12.4 Å². The molecule has 1 aromatic heterocycles. The van der Waals surface area contributed by atoms with Crippen LogP contribution >= 0.6 is 0 Å². The molecule has 6 rings (SSSR count). The van der Waals surface area contributed by atoms with E-state index in [0.29, 0.717) is 28.9 Å². The molecule has 6 nitrogen and oxygen atoms in total. The molecule has 4 heterocycles. The van der Waals surface area contributed by atoms with Crippen LogP contribution in [0.25, 0.3) is 5.70 Å². The normalized spacial score (nSPS) is 27.0. The summed E-state index contributed by atoms with van der Waals surface area (Å²) < 4.78 is 21.2. The Morgan fingerprint density at radius 1 is 1.24 bits per heavy atom. The average Bonchev–Trinajstić information content (AvgIpc) is 3.08. The van der Waals surface area contributed by atoms with Crippen molar-refractivity contribution in [3.05, 3.63) is 73.0 Å². The number of rotatable bonds is 0. The van der Waals surface area contributed by atoms with Crippen LogP contribution in [-0.2, 0) is 22.7 Å². The Hall–Kier alpha value is -2.93. The highest BCUT2D eigenvalue weighted by atomic mass is 19.1. The number of nitrogens with zero attached hydrogens (tertiary/aromatic N) is 1. The number of pyridine rings is 1. The lowest BCUT2D eigenvalue weighted by Gasteiger charge is -2.37. The number of halogens is 1. The molecule has 7 heteroatoms. The van der Waals surface area contributed by atoms with Crippen molar-refractivity contribution in [3.63, 3.8) is 0 Å². The number of fused-ring (bicyclic) bond motifs is 4. The summed E-state index contributed by atoms with van der Waals surface area (Å²) in [6.07, 6.45) is 2.85. The second-order valence-corrected chi connectivity index (χ2v) is 8.20. The van der Waals surface area contributed by atoms with E-state index < -0.39 is 12.1 Å². The predicted molar refractivity (Wildman–Crippen MR) is 102 cm³/mol. The lowest BCUT2D eigenvalue weighted by molar-refractivity contribution is -0.157. The van der Waals surface area contributed by atoms with Crippen molar-refractivity contribution >= 4 is 11.7 Å². The number of aromatic nitrogens is 1. The standard InChI is InChI=1S/C22H19FN2O4/c1-9-10-3-2-4-11-13-7-25-17(19(13)24-16(18(10)11)6-15(9)23)5-12-14(21(25)27)8-29-22(28)20(12)26/h5-6,16,20,24,26H,2-4,7-8H2,1H3/t16?,20-/m0/s1. The molecule has 1 aromatic rings. The number of carbonyl (C=O) groups excluding carboxylic acids is 1. The van der Waals surface area contributed by atoms with Gasteiger partial charge in [-0.3, -0.25) is 4.79 Å². The Kier molecular flexibility index (Phi) is 3.26. The summed E-state index contributed by atoms with van der Waals surface area (Å²) in [5.41, 5.74) is 6.99. The van der Waals surface area contributed by atoms with Gasteiger partial charge in [0.05, 0.1) is 29.5 Å². The first-order valence-corrected chi connectivity index (χ1v) is 9.88. The minimum Gasteiger partial charge on any atom is -0.458 e. The monoisotopic (exact) mass is 394 g/mol. The van der Waals surface area contributed by atoms with Gasteiger partial charge in [-0.15, -0.1) is 0 Å². The largest absolute Gasteiger partial charge is 0.458 e. The fourth-order valence-electron chi connectivity index (χ4n) is 5.35. The molecular formula is C22H19FN2O4. The molecule has 5 aliphatic rings. The van der Waals surface area contributed by atoms with Crippen molar-refractivity contribution in [1.29, 1.82) is 0 Å². The Morgan fingerprint density at radius 2 is 2.03 bits per heavy atom. The summed E-state index contributed by atoms with van der Waals surface area (Å²) in [6.45, 7) is 2.13. The zero-order valence-electron chi connectivity index (χ0n) is 15.8. The molecule has 148 valence electrons. The van der Waals surface area contributed by atoms with Crippen molar-refractivity contribution in [2.45, 2.75) is 51.5 Å². The van der Waals surface area contributed by atoms with Gasteiger partial charge >= 0.3 is 5.97 Å². The number of carbonyl (C=O) groups is 1. The summed E-state index contributed by atoms with van der Waals surface area (Å²) in [7, 11) is 0. The predicted octanol–water partition coefficient (Wildman–Crippen LogP) is 2.30. The van der Waals surface area contributed by atoms with Crippen LogP contribution in [0.5, 0.6) is 0 Å². The van der Waals surface area contributed by atoms with Gasteiger partial charge < -0.3 is 19.7 Å². The van der Waals surface area contributed by atoms with Crippen LogP contribution in [0.15, 0.2) is 50.6 Å². The Balaban J connectivity index is 1.57. The second-order valence-electron chi connectivity index (χ2n) is 8.20. The number of dihydropyridines is 1. The summed E-state index contributed by atoms with van der Waals surface area (Å²) in [6, 6.07) is 1.44. The zero-order chi connectivity index (χ0) is 20.0. The highest BCUT2D eigenvalue weighted by molar-refractivity contribution is 5.82. The van der Waals surface area contributed by atoms with E-state index in [-0.39, 0.29) is 24.0 Å². The van der Waals surface area contributed by atoms with Crippen molar-refractivity contribution in [3.8, 4) is 0 Å². The number of hydrogen-bond donors (Lipinski definition) is 2. The number of allylic oxidation sites excluding steroid dienone is 4. The van der Waals surface area contributed by atoms with E-state index in [0.717, 1.165) is 41.7 Å². The minimum atomic E-state index is -1.46. The van der Waals surface area contributed by atoms with Gasteiger partial charge in [-0.05, 0) is 60.6 Å². The summed E-state index contributed by atoms with van der Waals surface area (Å²) in [5, 5.41) is 13.7. The number of esters is 1. The van der Waals surface area contributed by atoms with Gasteiger partial charge in [-0.2, -0.15) is 0 Å². The maximum atomic E-state index is 14.5. The highest BCUT2D eigenvalue weighted by Gasteiger charge is 2.40. The fourth-order valence-corrected chi connectivity index (χ4v) is 5.35. The minimum absolute atomic E-state index is 0.126. The van der Waals surface area contributed by atoms with E-state index in [1.165, 1.54) is 5.57 Å². The van der Waals surface area contributed by atoms with Gasteiger partial charge in [0.15, 0.2) is 6.10 Å². The maximum absolute atomic E-state index is 14.5. The molecule has 2 aliphatic carbocycles. The van der Waals surface area contributed by atoms with E-state index in [4.69, 9.17) is 4.74 Å². The number of aliphatic hydroxyl groups excluding tert-OH is 1. The summed E-state index contributed by atoms with van der Waals surface area (Å²) in [4.78, 5) is 24.9. The number of cyclic esters (lactones) is 1. The molecule has 2 atom stereocenters. The van der Waals surface area contributed by atoms with Gasteiger partial charge in [-0.25, -0.2) is 9.18 Å². The average molecular weight is 394 g/mol. The molecule has 0 saturated carbocycles. The Bertz CT molecular complexity index is 1210. The molecule has 3 aliphatic heterocycles. The molecule has 0 bridgehead atoms. The number of nitrogens with one attached hydrogen (secondary N) is 1. The van der Waals surface area contributed by atoms with Crippen LogP contribution < -0.4 is 10.9 Å². The third-order valence-electron chi connectivity index (χ3n) is 6.79. The zero-order valence-corrected chi connectivity index (χ0v) is 15.8. The summed E-state index contributed by atoms with van der Waals surface area (Å²) >= 11 is 0. The van der Waals surface area contributed by atoms with E-state index in [1.54, 1.807) is 16.7 Å². The molecule has 0 fully saturated rings. The van der Waals surface area contributed by atoms with Gasteiger partial charge in [0.2, 0.25) is 0 Å². The Morgan fingerprint density at radius 3 is 2.86 bits per heavy atom. The molecule has 0 radical (unpaired) electrons. The topological polar surface area (TPSA) is 80.6 Å². The Labute approximate surface area is 165 Å². The van der Waals surface area contributed by atoms with Gasteiger partial charge in [0, 0.05) is 11.1 Å². The first kappa shape index (κ1) is 17.0. The molecule has 0 spiro atoms. The van der Waals surface area contributed by atoms with Crippen LogP contribution in [0.3, 0.4) is 0 Å². The van der Waals surface area contributed by atoms with E-state index in [2.05, 4.69) is 5.32 Å². The lowest BCUT2D eigenvalue weighted by atomic mass is 9.74. The van der Waals surface area contributed by atoms with E-state index >= 15 is 0 Å². The number of ether oxygens (including phenoxy) is 1. The summed E-state index contributed by atoms with van der Waals surface area (Å²) in [5.74, 6) is -0.948. The van der Waals surface area contributed by atoms with Crippen LogP contribution in [-0.4, -0.2) is 21.7 Å². The van der Waals surface area contributed by atoms with Crippen molar-refractivity contribution < 1.29 is 19.0 Å².